The van der Waals surface area contributed by atoms with Crippen LogP contribution in [-0.4, -0.2) is 19.7 Å². The average Bonchev–Trinajstić information content (AvgIpc) is 3.33. The van der Waals surface area contributed by atoms with Crippen LogP contribution in [0.2, 0.25) is 10.0 Å². The first-order valence-electron chi connectivity index (χ1n) is 9.76. The monoisotopic (exact) mass is 440 g/mol. The Bertz CT molecular complexity index is 1190. The molecule has 0 fully saturated rings. The number of aromatic nitrogens is 4. The second kappa shape index (κ2) is 7.89. The predicted molar refractivity (Wildman–Crippen MR) is 120 cm³/mol. The van der Waals surface area contributed by atoms with Crippen LogP contribution < -0.4 is 0 Å². The molecule has 2 aromatic carbocycles. The SMILES string of the molecule is CCc1c(-c2nnc(C(C)(C)C)o2)nc(-c2ccccc2Cl)n1-c1ccc(Cl)cc1. The minimum atomic E-state index is -0.248. The predicted octanol–water partition coefficient (Wildman–Crippen LogP) is 6.76. The minimum Gasteiger partial charge on any atom is -0.419 e. The molecule has 0 saturated heterocycles. The van der Waals surface area contributed by atoms with Crippen molar-refractivity contribution in [2.75, 3.05) is 0 Å². The molecule has 0 radical (unpaired) electrons. The summed E-state index contributed by atoms with van der Waals surface area (Å²) in [7, 11) is 0. The van der Waals surface area contributed by atoms with Crippen LogP contribution in [0.15, 0.2) is 52.9 Å². The second-order valence-corrected chi connectivity index (χ2v) is 8.88. The lowest BCUT2D eigenvalue weighted by Crippen LogP contribution is -2.11. The Kier molecular flexibility index (Phi) is 5.43. The quantitative estimate of drug-likeness (QED) is 0.351. The van der Waals surface area contributed by atoms with E-state index in [-0.39, 0.29) is 5.41 Å². The van der Waals surface area contributed by atoms with Crippen LogP contribution in [0, 0.1) is 0 Å². The Labute approximate surface area is 185 Å². The number of hydrogen-bond donors (Lipinski definition) is 0. The molecule has 30 heavy (non-hydrogen) atoms. The maximum absolute atomic E-state index is 6.53. The van der Waals surface area contributed by atoms with Crippen LogP contribution >= 0.6 is 23.2 Å². The third-order valence-corrected chi connectivity index (χ3v) is 5.36. The Morgan fingerprint density at radius 1 is 0.967 bits per heavy atom. The number of benzene rings is 2. The van der Waals surface area contributed by atoms with Crippen LogP contribution in [0.25, 0.3) is 28.7 Å². The van der Waals surface area contributed by atoms with Gasteiger partial charge in [-0.15, -0.1) is 10.2 Å². The zero-order valence-electron chi connectivity index (χ0n) is 17.3. The Hall–Kier alpha value is -2.63. The number of halogens is 2. The number of rotatable bonds is 4. The molecule has 0 N–H and O–H groups in total. The molecule has 0 atom stereocenters. The van der Waals surface area contributed by atoms with E-state index >= 15 is 0 Å². The summed E-state index contributed by atoms with van der Waals surface area (Å²) in [5, 5.41) is 9.82. The van der Waals surface area contributed by atoms with Gasteiger partial charge in [-0.3, -0.25) is 4.57 Å². The number of nitrogens with zero attached hydrogens (tertiary/aromatic N) is 4. The van der Waals surface area contributed by atoms with Crippen molar-refractivity contribution in [1.82, 2.24) is 19.7 Å². The molecule has 0 aliphatic rings. The first-order chi connectivity index (χ1) is 14.3. The zero-order valence-corrected chi connectivity index (χ0v) is 18.8. The Balaban J connectivity index is 1.99. The lowest BCUT2D eigenvalue weighted by atomic mass is 9.97. The van der Waals surface area contributed by atoms with Crippen molar-refractivity contribution in [3.63, 3.8) is 0 Å². The molecule has 154 valence electrons. The fraction of sp³-hybridized carbons (Fsp3) is 0.261. The standard InChI is InChI=1S/C23H22Cl2N4O/c1-5-18-19(21-27-28-22(30-21)23(2,3)4)26-20(16-8-6-7-9-17(16)25)29(18)15-12-10-14(24)11-13-15/h6-13H,5H2,1-4H3. The topological polar surface area (TPSA) is 56.7 Å². The summed E-state index contributed by atoms with van der Waals surface area (Å²) in [6, 6.07) is 15.3. The van der Waals surface area contributed by atoms with E-state index in [4.69, 9.17) is 32.6 Å². The highest BCUT2D eigenvalue weighted by Crippen LogP contribution is 2.36. The van der Waals surface area contributed by atoms with E-state index in [1.54, 1.807) is 0 Å². The summed E-state index contributed by atoms with van der Waals surface area (Å²) in [4.78, 5) is 4.93. The summed E-state index contributed by atoms with van der Waals surface area (Å²) in [6.07, 6.45) is 0.711. The smallest absolute Gasteiger partial charge is 0.268 e. The molecular formula is C23H22Cl2N4O. The van der Waals surface area contributed by atoms with Gasteiger partial charge in [-0.05, 0) is 42.8 Å². The third kappa shape index (κ3) is 3.75. The van der Waals surface area contributed by atoms with Crippen molar-refractivity contribution < 1.29 is 4.42 Å². The molecule has 4 aromatic rings. The molecule has 0 unspecified atom stereocenters. The summed E-state index contributed by atoms with van der Waals surface area (Å²) in [5.74, 6) is 1.68. The average molecular weight is 441 g/mol. The van der Waals surface area contributed by atoms with Gasteiger partial charge < -0.3 is 4.42 Å². The van der Waals surface area contributed by atoms with Crippen LogP contribution in [0.4, 0.5) is 0 Å². The molecule has 7 heteroatoms. The van der Waals surface area contributed by atoms with E-state index in [9.17, 15) is 0 Å². The van der Waals surface area contributed by atoms with Gasteiger partial charge in [0, 0.05) is 21.7 Å². The van der Waals surface area contributed by atoms with E-state index in [2.05, 4.69) is 21.7 Å². The molecule has 0 amide bonds. The number of hydrogen-bond acceptors (Lipinski definition) is 4. The van der Waals surface area contributed by atoms with E-state index in [0.717, 1.165) is 16.9 Å². The molecule has 0 aliphatic heterocycles. The first-order valence-corrected chi connectivity index (χ1v) is 10.5. The van der Waals surface area contributed by atoms with Crippen molar-refractivity contribution in [3.05, 3.63) is 70.2 Å². The van der Waals surface area contributed by atoms with Gasteiger partial charge in [0.25, 0.3) is 5.89 Å². The Morgan fingerprint density at radius 2 is 1.67 bits per heavy atom. The van der Waals surface area contributed by atoms with Crippen LogP contribution in [-0.2, 0) is 11.8 Å². The van der Waals surface area contributed by atoms with Crippen LogP contribution in [0.5, 0.6) is 0 Å². The molecule has 0 bridgehead atoms. The molecule has 0 aliphatic carbocycles. The maximum Gasteiger partial charge on any atom is 0.268 e. The van der Waals surface area contributed by atoms with Crippen molar-refractivity contribution in [1.29, 1.82) is 0 Å². The van der Waals surface area contributed by atoms with Crippen LogP contribution in [0.1, 0.15) is 39.3 Å². The number of imidazole rings is 1. The highest BCUT2D eigenvalue weighted by Gasteiger charge is 2.27. The van der Waals surface area contributed by atoms with E-state index < -0.39 is 0 Å². The van der Waals surface area contributed by atoms with Crippen molar-refractivity contribution >= 4 is 23.2 Å². The highest BCUT2D eigenvalue weighted by molar-refractivity contribution is 6.33. The van der Waals surface area contributed by atoms with Crippen molar-refractivity contribution in [2.45, 2.75) is 39.5 Å². The molecule has 0 saturated carbocycles. The summed E-state index contributed by atoms with van der Waals surface area (Å²) < 4.78 is 8.09. The van der Waals surface area contributed by atoms with Gasteiger partial charge in [0.05, 0.1) is 10.7 Å². The van der Waals surface area contributed by atoms with Crippen molar-refractivity contribution in [2.24, 2.45) is 0 Å². The summed E-state index contributed by atoms with van der Waals surface area (Å²) in [5.41, 5.74) is 3.12. The fourth-order valence-electron chi connectivity index (χ4n) is 3.26. The van der Waals surface area contributed by atoms with Gasteiger partial charge in [-0.1, -0.05) is 63.0 Å². The largest absolute Gasteiger partial charge is 0.419 e. The van der Waals surface area contributed by atoms with Gasteiger partial charge in [0.2, 0.25) is 5.89 Å². The van der Waals surface area contributed by atoms with Gasteiger partial charge in [0.1, 0.15) is 11.5 Å². The molecule has 2 heterocycles. The van der Waals surface area contributed by atoms with Crippen molar-refractivity contribution in [3.8, 4) is 28.7 Å². The third-order valence-electron chi connectivity index (χ3n) is 4.78. The zero-order chi connectivity index (χ0) is 21.5. The van der Waals surface area contributed by atoms with Crippen LogP contribution in [0.3, 0.4) is 0 Å². The van der Waals surface area contributed by atoms with Gasteiger partial charge >= 0.3 is 0 Å². The van der Waals surface area contributed by atoms with Gasteiger partial charge in [0.15, 0.2) is 0 Å². The summed E-state index contributed by atoms with van der Waals surface area (Å²) >= 11 is 12.7. The van der Waals surface area contributed by atoms with Gasteiger partial charge in [-0.25, -0.2) is 4.98 Å². The Morgan fingerprint density at radius 3 is 2.27 bits per heavy atom. The highest BCUT2D eigenvalue weighted by atomic mass is 35.5. The lowest BCUT2D eigenvalue weighted by Gasteiger charge is -2.13. The van der Waals surface area contributed by atoms with Gasteiger partial charge in [-0.2, -0.15) is 0 Å². The van der Waals surface area contributed by atoms with E-state index in [1.165, 1.54) is 0 Å². The molecule has 2 aromatic heterocycles. The van der Waals surface area contributed by atoms with E-state index in [1.807, 2.05) is 69.3 Å². The second-order valence-electron chi connectivity index (χ2n) is 8.04. The normalized spacial score (nSPS) is 11.8. The molecular weight excluding hydrogens is 419 g/mol. The maximum atomic E-state index is 6.53. The molecule has 4 rings (SSSR count). The minimum absolute atomic E-state index is 0.248. The van der Waals surface area contributed by atoms with E-state index in [0.29, 0.717) is 39.8 Å². The summed E-state index contributed by atoms with van der Waals surface area (Å²) in [6.45, 7) is 8.18. The fourth-order valence-corrected chi connectivity index (χ4v) is 3.61. The first kappa shape index (κ1) is 20.6. The molecule has 0 spiro atoms. The molecule has 5 nitrogen and oxygen atoms in total. The lowest BCUT2D eigenvalue weighted by molar-refractivity contribution is 0.398.